The minimum Gasteiger partial charge on any atom is -0.413 e. The Morgan fingerprint density at radius 2 is 1.77 bits per heavy atom. The van der Waals surface area contributed by atoms with E-state index in [9.17, 15) is 15.0 Å². The Balaban J connectivity index is 0.000000804. The van der Waals surface area contributed by atoms with E-state index >= 15 is 0 Å². The van der Waals surface area contributed by atoms with Crippen LogP contribution in [-0.4, -0.2) is 50.7 Å². The van der Waals surface area contributed by atoms with E-state index in [1.54, 1.807) is 6.92 Å². The normalized spacial score (nSPS) is 33.2. The van der Waals surface area contributed by atoms with E-state index in [4.69, 9.17) is 4.43 Å². The van der Waals surface area contributed by atoms with Gasteiger partial charge in [0, 0.05) is 26.3 Å². The molecule has 5 atom stereocenters. The zero-order valence-corrected chi connectivity index (χ0v) is 23.0. The summed E-state index contributed by atoms with van der Waals surface area (Å²) in [5.74, 6) is -0.193. The molecule has 0 aliphatic heterocycles. The lowest BCUT2D eigenvalue weighted by Crippen LogP contribution is -2.59. The van der Waals surface area contributed by atoms with Gasteiger partial charge in [-0.25, -0.2) is 0 Å². The molecule has 0 heterocycles. The van der Waals surface area contributed by atoms with Gasteiger partial charge in [-0.3, -0.25) is 4.79 Å². The lowest BCUT2D eigenvalue weighted by molar-refractivity contribution is -0.159. The second-order valence-corrected chi connectivity index (χ2v) is 22.6. The molecule has 176 valence electrons. The molecule has 0 aromatic carbocycles. The number of carbonyl (C=O) groups is 1. The monoisotopic (exact) mass is 456 g/mol. The molecule has 0 spiro atoms. The van der Waals surface area contributed by atoms with Crippen LogP contribution < -0.4 is 0 Å². The summed E-state index contributed by atoms with van der Waals surface area (Å²) in [6, 6.07) is 0. The second-order valence-electron chi connectivity index (χ2n) is 12.1. The van der Waals surface area contributed by atoms with Gasteiger partial charge in [-0.15, -0.1) is 0 Å². The first kappa shape index (κ1) is 27.8. The van der Waals surface area contributed by atoms with Crippen molar-refractivity contribution in [2.24, 2.45) is 17.3 Å². The van der Waals surface area contributed by atoms with Gasteiger partial charge < -0.3 is 14.6 Å². The van der Waals surface area contributed by atoms with E-state index in [1.807, 2.05) is 6.92 Å². The molecule has 2 aliphatic carbocycles. The average molecular weight is 457 g/mol. The van der Waals surface area contributed by atoms with Gasteiger partial charge in [0.25, 0.3) is 0 Å². The molecule has 4 nitrogen and oxygen atoms in total. The fourth-order valence-corrected chi connectivity index (χ4v) is 5.94. The largest absolute Gasteiger partial charge is 0.413 e. The summed E-state index contributed by atoms with van der Waals surface area (Å²) >= 11 is 0. The molecular weight excluding hydrogens is 408 g/mol. The summed E-state index contributed by atoms with van der Waals surface area (Å²) in [4.78, 5) is 12.8. The van der Waals surface area contributed by atoms with E-state index in [2.05, 4.69) is 58.0 Å². The van der Waals surface area contributed by atoms with Crippen LogP contribution in [0, 0.1) is 17.3 Å². The van der Waals surface area contributed by atoms with E-state index in [-0.39, 0.29) is 30.8 Å². The topological polar surface area (TPSA) is 66.8 Å². The number of ketones is 1. The summed E-state index contributed by atoms with van der Waals surface area (Å²) in [5, 5.41) is 21.9. The van der Waals surface area contributed by atoms with Crippen LogP contribution >= 0.6 is 0 Å². The van der Waals surface area contributed by atoms with Crippen LogP contribution in [-0.2, 0) is 9.22 Å². The van der Waals surface area contributed by atoms with Crippen molar-refractivity contribution in [3.8, 4) is 0 Å². The van der Waals surface area contributed by atoms with Crippen molar-refractivity contribution in [2.75, 3.05) is 6.61 Å². The zero-order chi connectivity index (χ0) is 23.4. The van der Waals surface area contributed by atoms with Gasteiger partial charge in [-0.05, 0) is 52.2 Å². The molecule has 6 heteroatoms. The molecule has 2 aliphatic rings. The number of carbonyl (C=O) groups excluding carboxylic acids is 1. The van der Waals surface area contributed by atoms with Crippen LogP contribution in [0.25, 0.3) is 0 Å². The van der Waals surface area contributed by atoms with Crippen molar-refractivity contribution < 1.29 is 19.4 Å². The highest BCUT2D eigenvalue weighted by Crippen LogP contribution is 2.55. The van der Waals surface area contributed by atoms with Crippen molar-refractivity contribution in [1.82, 2.24) is 0 Å². The summed E-state index contributed by atoms with van der Waals surface area (Å²) < 4.78 is 6.58. The number of hydrogen-bond acceptors (Lipinski definition) is 4. The van der Waals surface area contributed by atoms with Crippen LogP contribution in [0.15, 0.2) is 12.2 Å². The number of hydrogen-bond donors (Lipinski definition) is 2. The molecule has 0 unspecified atom stereocenters. The lowest BCUT2D eigenvalue weighted by atomic mass is 9.64. The first-order valence-corrected chi connectivity index (χ1v) is 19.2. The van der Waals surface area contributed by atoms with Gasteiger partial charge in [0.05, 0.1) is 23.7 Å². The standard InChI is InChI=1S/C20H36O4Si.C4H12Si/c1-6-10-16-17(22)13-20(14-21,19(16,2)23)18(24-25(3,4)5)15-11-8-7-9-12-15;1-5(2,3)4/h8,11,15-16,18,21,23H,6-7,9-10,12-14H2,1-5H3;1-4H3/t15-,16+,18-,19+,20+;/m1./s1. The predicted molar refractivity (Wildman–Crippen MR) is 132 cm³/mol. The number of Topliss-reactive ketones (excluding diaryl/α,β-unsaturated/α-hetero) is 1. The Kier molecular flexibility index (Phi) is 9.77. The van der Waals surface area contributed by atoms with Crippen LogP contribution in [0.5, 0.6) is 0 Å². The van der Waals surface area contributed by atoms with E-state index in [0.717, 1.165) is 25.7 Å². The van der Waals surface area contributed by atoms with Crippen molar-refractivity contribution >= 4 is 22.2 Å². The van der Waals surface area contributed by atoms with Crippen molar-refractivity contribution in [2.45, 2.75) is 110 Å². The Bertz CT molecular complexity index is 583. The highest BCUT2D eigenvalue weighted by atomic mass is 28.4. The Labute approximate surface area is 187 Å². The maximum Gasteiger partial charge on any atom is 0.184 e. The Hall–Kier alpha value is -0.276. The Morgan fingerprint density at radius 1 is 1.20 bits per heavy atom. The summed E-state index contributed by atoms with van der Waals surface area (Å²) in [6.45, 7) is 19.3. The molecule has 30 heavy (non-hydrogen) atoms. The van der Waals surface area contributed by atoms with Crippen LogP contribution in [0.3, 0.4) is 0 Å². The zero-order valence-electron chi connectivity index (χ0n) is 21.0. The second kappa shape index (κ2) is 10.6. The minimum absolute atomic E-state index is 0.0739. The van der Waals surface area contributed by atoms with Gasteiger partial charge >= 0.3 is 0 Å². The summed E-state index contributed by atoms with van der Waals surface area (Å²) in [7, 11) is -2.54. The minimum atomic E-state index is -1.93. The molecule has 2 rings (SSSR count). The molecule has 0 aromatic rings. The third-order valence-corrected chi connectivity index (χ3v) is 7.09. The average Bonchev–Trinajstić information content (AvgIpc) is 2.79. The van der Waals surface area contributed by atoms with E-state index in [0.29, 0.717) is 6.42 Å². The van der Waals surface area contributed by atoms with E-state index in [1.165, 1.54) is 0 Å². The Morgan fingerprint density at radius 3 is 2.17 bits per heavy atom. The quantitative estimate of drug-likeness (QED) is 0.384. The third kappa shape index (κ3) is 7.12. The number of rotatable bonds is 7. The first-order chi connectivity index (χ1) is 13.6. The van der Waals surface area contributed by atoms with Gasteiger partial charge in [0.15, 0.2) is 8.32 Å². The van der Waals surface area contributed by atoms with Crippen LogP contribution in [0.4, 0.5) is 0 Å². The molecule has 0 bridgehead atoms. The van der Waals surface area contributed by atoms with Gasteiger partial charge in [0.1, 0.15) is 5.78 Å². The van der Waals surface area contributed by atoms with Gasteiger partial charge in [-0.2, -0.15) is 0 Å². The molecule has 0 radical (unpaired) electrons. The maximum absolute atomic E-state index is 12.8. The van der Waals surface area contributed by atoms with Crippen LogP contribution in [0.2, 0.25) is 45.8 Å². The maximum atomic E-state index is 12.8. The number of aliphatic hydroxyl groups is 2. The fraction of sp³-hybridized carbons (Fsp3) is 0.875. The SMILES string of the molecule is CCC[C@H]1C(=O)C[C@](CO)([C@H](O[Si](C)(C)C)[C@@H]2C=CCCC2)[C@@]1(C)O.C[Si](C)(C)C. The highest BCUT2D eigenvalue weighted by Gasteiger charge is 2.65. The lowest BCUT2D eigenvalue weighted by Gasteiger charge is -2.50. The molecule has 0 saturated heterocycles. The molecule has 1 fully saturated rings. The molecular formula is C24H48O4Si2. The number of aliphatic hydroxyl groups excluding tert-OH is 1. The van der Waals surface area contributed by atoms with Gasteiger partial charge in [-0.1, -0.05) is 51.7 Å². The molecule has 1 saturated carbocycles. The summed E-state index contributed by atoms with van der Waals surface area (Å²) in [5.41, 5.74) is -2.17. The smallest absolute Gasteiger partial charge is 0.184 e. The van der Waals surface area contributed by atoms with Crippen molar-refractivity contribution in [3.63, 3.8) is 0 Å². The third-order valence-electron chi connectivity index (χ3n) is 6.13. The number of allylic oxidation sites excluding steroid dienone is 1. The molecule has 2 N–H and O–H groups in total. The fourth-order valence-electron chi connectivity index (χ4n) is 4.78. The predicted octanol–water partition coefficient (Wildman–Crippen LogP) is 5.64. The summed E-state index contributed by atoms with van der Waals surface area (Å²) in [6.07, 6.45) is 8.88. The molecule has 0 amide bonds. The first-order valence-electron chi connectivity index (χ1n) is 11.8. The molecule has 0 aromatic heterocycles. The van der Waals surface area contributed by atoms with E-state index < -0.39 is 33.3 Å². The van der Waals surface area contributed by atoms with Crippen molar-refractivity contribution in [3.05, 3.63) is 12.2 Å². The van der Waals surface area contributed by atoms with Crippen LogP contribution in [0.1, 0.15) is 52.4 Å². The van der Waals surface area contributed by atoms with Crippen molar-refractivity contribution in [1.29, 1.82) is 0 Å². The van der Waals surface area contributed by atoms with Gasteiger partial charge in [0.2, 0.25) is 0 Å². The highest BCUT2D eigenvalue weighted by molar-refractivity contribution is 6.74.